The van der Waals surface area contributed by atoms with Crippen molar-refractivity contribution in [3.8, 4) is 0 Å². The van der Waals surface area contributed by atoms with E-state index in [4.69, 9.17) is 0 Å². The molecule has 1 aliphatic heterocycles. The predicted molar refractivity (Wildman–Crippen MR) is 68.6 cm³/mol. The molecule has 0 aromatic heterocycles. The molecule has 0 bridgehead atoms. The van der Waals surface area contributed by atoms with Crippen LogP contribution in [0.2, 0.25) is 0 Å². The first kappa shape index (κ1) is 10.7. The molecule has 0 aliphatic carbocycles. The largest absolute Gasteiger partial charge is 0.328 e. The maximum Gasteiger partial charge on any atom is 0.106 e. The van der Waals surface area contributed by atoms with Crippen LogP contribution in [-0.2, 0) is 0 Å². The summed E-state index contributed by atoms with van der Waals surface area (Å²) in [6.07, 6.45) is 0. The highest BCUT2D eigenvalue weighted by molar-refractivity contribution is 9.10. The van der Waals surface area contributed by atoms with E-state index in [2.05, 4.69) is 57.9 Å². The second kappa shape index (κ2) is 4.35. The minimum Gasteiger partial charge on any atom is -0.328 e. The summed E-state index contributed by atoms with van der Waals surface area (Å²) in [5.74, 6) is 1.69. The third kappa shape index (κ3) is 2.23. The summed E-state index contributed by atoms with van der Waals surface area (Å²) in [5.41, 5.74) is 1.23. The number of nitrogens with zero attached hydrogens (tertiary/aromatic N) is 2. The summed E-state index contributed by atoms with van der Waals surface area (Å²) in [7, 11) is 0. The normalized spacial score (nSPS) is 16.0. The van der Waals surface area contributed by atoms with Crippen molar-refractivity contribution in [2.24, 2.45) is 10.9 Å². The molecular formula is C12H15BrN2. The topological polar surface area (TPSA) is 15.6 Å². The van der Waals surface area contributed by atoms with Gasteiger partial charge in [-0.1, -0.05) is 35.8 Å². The van der Waals surface area contributed by atoms with Crippen LogP contribution in [0.1, 0.15) is 13.8 Å². The van der Waals surface area contributed by atoms with E-state index in [0.29, 0.717) is 5.92 Å². The van der Waals surface area contributed by atoms with Gasteiger partial charge in [-0.2, -0.15) is 0 Å². The summed E-state index contributed by atoms with van der Waals surface area (Å²) in [6.45, 7) is 6.30. The van der Waals surface area contributed by atoms with Gasteiger partial charge in [-0.15, -0.1) is 0 Å². The number of benzene rings is 1. The number of halogens is 1. The Morgan fingerprint density at radius 2 is 2.20 bits per heavy atom. The fourth-order valence-electron chi connectivity index (χ4n) is 1.86. The summed E-state index contributed by atoms with van der Waals surface area (Å²) >= 11 is 3.50. The Hall–Kier alpha value is -0.830. The number of hydrogen-bond donors (Lipinski definition) is 0. The minimum atomic E-state index is 0.492. The van der Waals surface area contributed by atoms with E-state index in [0.717, 1.165) is 17.6 Å². The summed E-state index contributed by atoms with van der Waals surface area (Å²) in [5, 5.41) is 0. The summed E-state index contributed by atoms with van der Waals surface area (Å²) in [6, 6.07) is 8.39. The van der Waals surface area contributed by atoms with E-state index in [1.54, 1.807) is 0 Å². The second-order valence-electron chi connectivity index (χ2n) is 4.03. The van der Waals surface area contributed by atoms with Crippen LogP contribution in [0.5, 0.6) is 0 Å². The van der Waals surface area contributed by atoms with Crippen molar-refractivity contribution < 1.29 is 0 Å². The van der Waals surface area contributed by atoms with Crippen molar-refractivity contribution in [1.82, 2.24) is 0 Å². The second-order valence-corrected chi connectivity index (χ2v) is 4.94. The Bertz CT molecular complexity index is 385. The van der Waals surface area contributed by atoms with Gasteiger partial charge in [0.2, 0.25) is 0 Å². The van der Waals surface area contributed by atoms with Crippen LogP contribution in [0.15, 0.2) is 33.7 Å². The van der Waals surface area contributed by atoms with Crippen molar-refractivity contribution in [3.05, 3.63) is 28.7 Å². The molecule has 0 N–H and O–H groups in total. The SMILES string of the molecule is CC(C)C1=NCCN1c1cccc(Br)c1. The zero-order valence-corrected chi connectivity index (χ0v) is 10.7. The van der Waals surface area contributed by atoms with Crippen LogP contribution < -0.4 is 4.90 Å². The van der Waals surface area contributed by atoms with Gasteiger partial charge in [-0.3, -0.25) is 4.99 Å². The maximum atomic E-state index is 4.55. The number of rotatable bonds is 2. The monoisotopic (exact) mass is 266 g/mol. The van der Waals surface area contributed by atoms with Crippen molar-refractivity contribution in [1.29, 1.82) is 0 Å². The number of anilines is 1. The van der Waals surface area contributed by atoms with Gasteiger partial charge >= 0.3 is 0 Å². The van der Waals surface area contributed by atoms with Crippen LogP contribution in [0.25, 0.3) is 0 Å². The third-order valence-corrected chi connectivity index (χ3v) is 3.00. The fourth-order valence-corrected chi connectivity index (χ4v) is 2.25. The van der Waals surface area contributed by atoms with E-state index >= 15 is 0 Å². The number of hydrogen-bond acceptors (Lipinski definition) is 2. The van der Waals surface area contributed by atoms with Gasteiger partial charge in [-0.05, 0) is 18.2 Å². The average molecular weight is 267 g/mol. The van der Waals surface area contributed by atoms with Crippen LogP contribution in [-0.4, -0.2) is 18.9 Å². The first-order valence-corrected chi connectivity index (χ1v) is 6.05. The highest BCUT2D eigenvalue weighted by atomic mass is 79.9. The van der Waals surface area contributed by atoms with E-state index in [-0.39, 0.29) is 0 Å². The van der Waals surface area contributed by atoms with Crippen LogP contribution in [0.4, 0.5) is 5.69 Å². The molecule has 2 nitrogen and oxygen atoms in total. The zero-order valence-electron chi connectivity index (χ0n) is 9.07. The van der Waals surface area contributed by atoms with Crippen molar-refractivity contribution >= 4 is 27.5 Å². The van der Waals surface area contributed by atoms with Gasteiger partial charge in [0.05, 0.1) is 6.54 Å². The smallest absolute Gasteiger partial charge is 0.106 e. The van der Waals surface area contributed by atoms with Crippen molar-refractivity contribution in [2.75, 3.05) is 18.0 Å². The van der Waals surface area contributed by atoms with Crippen molar-refractivity contribution in [3.63, 3.8) is 0 Å². The quantitative estimate of drug-likeness (QED) is 0.802. The first-order chi connectivity index (χ1) is 7.18. The molecule has 15 heavy (non-hydrogen) atoms. The zero-order chi connectivity index (χ0) is 10.8. The summed E-state index contributed by atoms with van der Waals surface area (Å²) < 4.78 is 1.12. The minimum absolute atomic E-state index is 0.492. The molecule has 0 saturated carbocycles. The van der Waals surface area contributed by atoms with Crippen LogP contribution in [0, 0.1) is 5.92 Å². The van der Waals surface area contributed by atoms with E-state index in [9.17, 15) is 0 Å². The molecule has 0 radical (unpaired) electrons. The Kier molecular flexibility index (Phi) is 3.10. The lowest BCUT2D eigenvalue weighted by Gasteiger charge is -2.22. The molecule has 0 saturated heterocycles. The highest BCUT2D eigenvalue weighted by Gasteiger charge is 2.20. The van der Waals surface area contributed by atoms with E-state index in [1.807, 2.05) is 6.07 Å². The Morgan fingerprint density at radius 3 is 2.87 bits per heavy atom. The Labute approximate surface area is 99.1 Å². The molecule has 0 atom stereocenters. The Morgan fingerprint density at radius 1 is 1.40 bits per heavy atom. The van der Waals surface area contributed by atoms with Gasteiger partial charge in [-0.25, -0.2) is 0 Å². The molecule has 1 aromatic rings. The lowest BCUT2D eigenvalue weighted by Crippen LogP contribution is -2.30. The molecule has 0 unspecified atom stereocenters. The highest BCUT2D eigenvalue weighted by Crippen LogP contribution is 2.23. The molecule has 0 amide bonds. The molecule has 0 fully saturated rings. The molecule has 80 valence electrons. The molecule has 1 aliphatic rings. The molecule has 2 rings (SSSR count). The number of amidine groups is 1. The number of aliphatic imine (C=N–C) groups is 1. The van der Waals surface area contributed by atoms with Gasteiger partial charge in [0.1, 0.15) is 5.84 Å². The molecular weight excluding hydrogens is 252 g/mol. The first-order valence-electron chi connectivity index (χ1n) is 5.26. The molecule has 3 heteroatoms. The summed E-state index contributed by atoms with van der Waals surface area (Å²) in [4.78, 5) is 6.85. The standard InChI is InChI=1S/C12H15BrN2/c1-9(2)12-14-6-7-15(12)11-5-3-4-10(13)8-11/h3-5,8-9H,6-7H2,1-2H3. The lowest BCUT2D eigenvalue weighted by atomic mass is 10.1. The third-order valence-electron chi connectivity index (χ3n) is 2.51. The predicted octanol–water partition coefficient (Wildman–Crippen LogP) is 3.32. The molecule has 1 aromatic carbocycles. The van der Waals surface area contributed by atoms with Gasteiger partial charge in [0.25, 0.3) is 0 Å². The fraction of sp³-hybridized carbons (Fsp3) is 0.417. The molecule has 1 heterocycles. The van der Waals surface area contributed by atoms with Crippen LogP contribution in [0.3, 0.4) is 0 Å². The van der Waals surface area contributed by atoms with Crippen molar-refractivity contribution in [2.45, 2.75) is 13.8 Å². The van der Waals surface area contributed by atoms with E-state index < -0.39 is 0 Å². The maximum absolute atomic E-state index is 4.55. The van der Waals surface area contributed by atoms with Crippen LogP contribution >= 0.6 is 15.9 Å². The van der Waals surface area contributed by atoms with Gasteiger partial charge in [0, 0.05) is 22.6 Å². The van der Waals surface area contributed by atoms with E-state index in [1.165, 1.54) is 11.5 Å². The lowest BCUT2D eigenvalue weighted by molar-refractivity contribution is 0.864. The average Bonchev–Trinajstić information content (AvgIpc) is 2.65. The van der Waals surface area contributed by atoms with Gasteiger partial charge in [0.15, 0.2) is 0 Å². The Balaban J connectivity index is 2.28. The van der Waals surface area contributed by atoms with Gasteiger partial charge < -0.3 is 4.90 Å². The molecule has 0 spiro atoms.